The maximum absolute atomic E-state index is 13.3. The second-order valence-corrected chi connectivity index (χ2v) is 9.21. The number of methoxy groups -OCH3 is 2. The molecule has 9 nitrogen and oxygen atoms in total. The maximum Gasteiger partial charge on any atom is 0.264 e. The molecule has 2 aromatic carbocycles. The zero-order valence-corrected chi connectivity index (χ0v) is 22.0. The first kappa shape index (κ1) is 25.3. The molecule has 0 unspecified atom stereocenters. The molecule has 3 heterocycles. The summed E-state index contributed by atoms with van der Waals surface area (Å²) in [4.78, 5) is 31.3. The summed E-state index contributed by atoms with van der Waals surface area (Å²) < 4.78 is 12.2. The van der Waals surface area contributed by atoms with Gasteiger partial charge in [-0.05, 0) is 41.5 Å². The third-order valence-electron chi connectivity index (χ3n) is 6.49. The van der Waals surface area contributed by atoms with Gasteiger partial charge in [0.05, 0.1) is 49.2 Å². The first-order valence-electron chi connectivity index (χ1n) is 11.9. The van der Waals surface area contributed by atoms with E-state index >= 15 is 0 Å². The summed E-state index contributed by atoms with van der Waals surface area (Å²) in [5.74, 6) is 1.27. The summed E-state index contributed by atoms with van der Waals surface area (Å²) in [5.41, 5.74) is 3.91. The van der Waals surface area contributed by atoms with E-state index in [1.54, 1.807) is 31.2 Å². The number of likely N-dealkylation sites (N-methyl/N-ethyl adjacent to an activating group) is 1. The van der Waals surface area contributed by atoms with Gasteiger partial charge in [0.15, 0.2) is 0 Å². The van der Waals surface area contributed by atoms with Crippen molar-refractivity contribution in [3.8, 4) is 22.8 Å². The number of anilines is 1. The number of carbonyl (C=O) groups excluding carboxylic acids is 2. The van der Waals surface area contributed by atoms with Gasteiger partial charge in [0, 0.05) is 25.4 Å². The van der Waals surface area contributed by atoms with E-state index < -0.39 is 5.91 Å². The number of fused-ring (bicyclic) bond motifs is 1. The molecule has 5 rings (SSSR count). The number of hydrogen-bond donors (Lipinski definition) is 1. The number of ether oxygens (including phenoxy) is 2. The number of halogens is 1. The number of nitrogens with one attached hydrogen (secondary N) is 1. The van der Waals surface area contributed by atoms with Crippen molar-refractivity contribution in [3.63, 3.8) is 0 Å². The van der Waals surface area contributed by atoms with E-state index in [9.17, 15) is 9.59 Å². The van der Waals surface area contributed by atoms with Crippen molar-refractivity contribution in [3.05, 3.63) is 88.2 Å². The van der Waals surface area contributed by atoms with Crippen LogP contribution in [0, 0.1) is 0 Å². The Bertz CT molecular complexity index is 1500. The van der Waals surface area contributed by atoms with Crippen LogP contribution in [0.5, 0.6) is 11.5 Å². The van der Waals surface area contributed by atoms with Crippen LogP contribution in [0.4, 0.5) is 5.82 Å². The van der Waals surface area contributed by atoms with Crippen LogP contribution in [0.2, 0.25) is 5.02 Å². The summed E-state index contributed by atoms with van der Waals surface area (Å²) in [5, 5.41) is 8.32. The summed E-state index contributed by atoms with van der Waals surface area (Å²) >= 11 is 6.89. The van der Waals surface area contributed by atoms with Gasteiger partial charge in [0.25, 0.3) is 5.91 Å². The largest absolute Gasteiger partial charge is 0.497 e. The zero-order chi connectivity index (χ0) is 26.8. The second kappa shape index (κ2) is 10.5. The van der Waals surface area contributed by atoms with Gasteiger partial charge >= 0.3 is 0 Å². The molecule has 194 valence electrons. The van der Waals surface area contributed by atoms with Crippen LogP contribution in [0.1, 0.15) is 27.2 Å². The van der Waals surface area contributed by atoms with Gasteiger partial charge < -0.3 is 14.8 Å². The number of hydrogen-bond acceptors (Lipinski definition) is 7. The molecule has 0 bridgehead atoms. The summed E-state index contributed by atoms with van der Waals surface area (Å²) in [6.45, 7) is 0.852. The molecule has 0 spiro atoms. The Morgan fingerprint density at radius 3 is 2.21 bits per heavy atom. The molecule has 0 saturated carbocycles. The highest BCUT2D eigenvalue weighted by atomic mass is 35.5. The fraction of sp³-hybridized carbons (Fsp3) is 0.214. The monoisotopic (exact) mass is 531 g/mol. The molecule has 1 N–H and O–H groups in total. The van der Waals surface area contributed by atoms with Gasteiger partial charge in [-0.25, -0.2) is 4.98 Å². The Hall–Kier alpha value is -4.37. The summed E-state index contributed by atoms with van der Waals surface area (Å²) in [6.07, 6.45) is 1.67. The van der Waals surface area contributed by atoms with Crippen molar-refractivity contribution in [2.75, 3.05) is 26.6 Å². The molecule has 1 aliphatic heterocycles. The third kappa shape index (κ3) is 4.80. The van der Waals surface area contributed by atoms with Crippen LogP contribution < -0.4 is 14.8 Å². The van der Waals surface area contributed by atoms with Gasteiger partial charge in [0.1, 0.15) is 17.3 Å². The Labute approximate surface area is 225 Å². The highest BCUT2D eigenvalue weighted by Gasteiger charge is 2.36. The van der Waals surface area contributed by atoms with E-state index in [-0.39, 0.29) is 12.3 Å². The first-order valence-corrected chi connectivity index (χ1v) is 12.3. The van der Waals surface area contributed by atoms with E-state index in [1.165, 1.54) is 7.05 Å². The number of imide groups is 1. The van der Waals surface area contributed by atoms with Crippen molar-refractivity contribution < 1.29 is 19.1 Å². The highest BCUT2D eigenvalue weighted by molar-refractivity contribution is 6.36. The van der Waals surface area contributed by atoms with Crippen molar-refractivity contribution in [2.45, 2.75) is 19.5 Å². The predicted molar refractivity (Wildman–Crippen MR) is 144 cm³/mol. The second-order valence-electron chi connectivity index (χ2n) is 8.83. The average molecular weight is 532 g/mol. The van der Waals surface area contributed by atoms with Crippen molar-refractivity contribution in [2.24, 2.45) is 0 Å². The lowest BCUT2D eigenvalue weighted by atomic mass is 10.00. The van der Waals surface area contributed by atoms with Crippen LogP contribution >= 0.6 is 11.6 Å². The Morgan fingerprint density at radius 2 is 1.58 bits per heavy atom. The van der Waals surface area contributed by atoms with E-state index in [0.29, 0.717) is 46.4 Å². The number of carbonyl (C=O) groups is 2. The standard InChI is InChI=1S/C28H26ClN5O4/c1-33-23(35)14-22-24(28(33)36)26(34(32-22)16-18-6-10-20(38-3)11-7-18)21-12-13-30-27(25(21)29)31-15-17-4-8-19(37-2)9-5-17/h4-13H,14-16H2,1-3H3,(H,30,31). The number of benzene rings is 2. The van der Waals surface area contributed by atoms with Crippen molar-refractivity contribution in [1.29, 1.82) is 0 Å². The lowest BCUT2D eigenvalue weighted by Crippen LogP contribution is -2.39. The number of rotatable bonds is 8. The highest BCUT2D eigenvalue weighted by Crippen LogP contribution is 2.38. The number of nitrogens with zero attached hydrogens (tertiary/aromatic N) is 4. The zero-order valence-electron chi connectivity index (χ0n) is 21.2. The number of amides is 2. The van der Waals surface area contributed by atoms with Crippen molar-refractivity contribution >= 4 is 29.2 Å². The molecule has 2 aromatic heterocycles. The van der Waals surface area contributed by atoms with E-state index in [0.717, 1.165) is 27.5 Å². The first-order chi connectivity index (χ1) is 18.4. The average Bonchev–Trinajstić information content (AvgIpc) is 3.29. The van der Waals surface area contributed by atoms with Crippen LogP contribution in [0.15, 0.2) is 60.8 Å². The van der Waals surface area contributed by atoms with Gasteiger partial charge in [-0.3, -0.25) is 19.2 Å². The molecule has 0 saturated heterocycles. The molecule has 2 amide bonds. The molecule has 0 atom stereocenters. The van der Waals surface area contributed by atoms with Gasteiger partial charge in [0.2, 0.25) is 5.91 Å². The van der Waals surface area contributed by atoms with Crippen LogP contribution in [0.3, 0.4) is 0 Å². The van der Waals surface area contributed by atoms with Crippen LogP contribution in [-0.4, -0.2) is 52.7 Å². The number of aromatic nitrogens is 3. The molecule has 4 aromatic rings. The fourth-order valence-electron chi connectivity index (χ4n) is 4.37. The Balaban J connectivity index is 1.54. The quantitative estimate of drug-likeness (QED) is 0.336. The van der Waals surface area contributed by atoms with E-state index in [4.69, 9.17) is 21.1 Å². The van der Waals surface area contributed by atoms with Gasteiger partial charge in [-0.15, -0.1) is 0 Å². The molecule has 10 heteroatoms. The summed E-state index contributed by atoms with van der Waals surface area (Å²) in [7, 11) is 4.71. The Kier molecular flexibility index (Phi) is 7.02. The molecule has 0 fully saturated rings. The topological polar surface area (TPSA) is 98.6 Å². The van der Waals surface area contributed by atoms with E-state index in [1.807, 2.05) is 48.5 Å². The molecule has 0 aliphatic carbocycles. The third-order valence-corrected chi connectivity index (χ3v) is 6.87. The smallest absolute Gasteiger partial charge is 0.264 e. The lowest BCUT2D eigenvalue weighted by molar-refractivity contribution is -0.127. The number of pyridine rings is 1. The minimum Gasteiger partial charge on any atom is -0.497 e. The van der Waals surface area contributed by atoms with Crippen LogP contribution in [-0.2, 0) is 24.3 Å². The molecular weight excluding hydrogens is 506 g/mol. The molecular formula is C28H26ClN5O4. The lowest BCUT2D eigenvalue weighted by Gasteiger charge is -2.21. The minimum atomic E-state index is -0.409. The van der Waals surface area contributed by atoms with Crippen LogP contribution in [0.25, 0.3) is 11.3 Å². The maximum atomic E-state index is 13.3. The van der Waals surface area contributed by atoms with Gasteiger partial charge in [-0.2, -0.15) is 5.10 Å². The molecule has 1 aliphatic rings. The Morgan fingerprint density at radius 1 is 0.947 bits per heavy atom. The van der Waals surface area contributed by atoms with Crippen molar-refractivity contribution in [1.82, 2.24) is 19.7 Å². The molecule has 0 radical (unpaired) electrons. The predicted octanol–water partition coefficient (Wildman–Crippen LogP) is 4.43. The summed E-state index contributed by atoms with van der Waals surface area (Å²) in [6, 6.07) is 17.0. The molecule has 38 heavy (non-hydrogen) atoms. The SMILES string of the molecule is COc1ccc(CNc2nccc(-c3c4c(nn3Cc3ccc(OC)cc3)CC(=O)N(C)C4=O)c2Cl)cc1. The normalized spacial score (nSPS) is 12.9. The minimum absolute atomic E-state index is 0.0332. The fourth-order valence-corrected chi connectivity index (χ4v) is 4.64. The van der Waals surface area contributed by atoms with Gasteiger partial charge in [-0.1, -0.05) is 35.9 Å². The van der Waals surface area contributed by atoms with E-state index in [2.05, 4.69) is 15.4 Å².